The van der Waals surface area contributed by atoms with Crippen LogP contribution in [0.15, 0.2) is 24.3 Å². The van der Waals surface area contributed by atoms with Gasteiger partial charge in [0.1, 0.15) is 0 Å². The van der Waals surface area contributed by atoms with Crippen LogP contribution in [0.2, 0.25) is 5.02 Å². The van der Waals surface area contributed by atoms with Gasteiger partial charge < -0.3 is 15.3 Å². The summed E-state index contributed by atoms with van der Waals surface area (Å²) in [7, 11) is 0. The van der Waals surface area contributed by atoms with E-state index in [2.05, 4.69) is 17.1 Å². The van der Waals surface area contributed by atoms with Crippen LogP contribution in [-0.4, -0.2) is 41.7 Å². The van der Waals surface area contributed by atoms with Crippen LogP contribution in [-0.2, 0) is 4.79 Å². The smallest absolute Gasteiger partial charge is 0.225 e. The standard InChI is InChI=1S/C15H21ClN2O2/c1-11-6-8-18(10-14(11)19)9-7-15(20)17-13-4-2-12(16)3-5-13/h2-5,11,14,19H,6-10H2,1H3,(H,17,20). The monoisotopic (exact) mass is 296 g/mol. The molecule has 0 saturated carbocycles. The lowest BCUT2D eigenvalue weighted by molar-refractivity contribution is -0.116. The Bertz CT molecular complexity index is 450. The molecule has 1 amide bonds. The number of hydrogen-bond donors (Lipinski definition) is 2. The van der Waals surface area contributed by atoms with Crippen molar-refractivity contribution in [2.45, 2.75) is 25.9 Å². The zero-order chi connectivity index (χ0) is 14.5. The minimum atomic E-state index is -0.275. The maximum Gasteiger partial charge on any atom is 0.225 e. The van der Waals surface area contributed by atoms with Gasteiger partial charge in [-0.3, -0.25) is 4.79 Å². The molecule has 0 radical (unpaired) electrons. The lowest BCUT2D eigenvalue weighted by Gasteiger charge is -2.34. The van der Waals surface area contributed by atoms with Gasteiger partial charge in [0.15, 0.2) is 0 Å². The van der Waals surface area contributed by atoms with E-state index >= 15 is 0 Å². The topological polar surface area (TPSA) is 52.6 Å². The van der Waals surface area contributed by atoms with Crippen molar-refractivity contribution in [3.05, 3.63) is 29.3 Å². The molecule has 1 aliphatic heterocycles. The fraction of sp³-hybridized carbons (Fsp3) is 0.533. The average molecular weight is 297 g/mol. The van der Waals surface area contributed by atoms with Gasteiger partial charge in [-0.1, -0.05) is 18.5 Å². The molecule has 5 heteroatoms. The van der Waals surface area contributed by atoms with Crippen LogP contribution < -0.4 is 5.32 Å². The minimum Gasteiger partial charge on any atom is -0.392 e. The first kappa shape index (κ1) is 15.3. The van der Waals surface area contributed by atoms with Crippen LogP contribution in [0.3, 0.4) is 0 Å². The molecule has 1 aliphatic rings. The van der Waals surface area contributed by atoms with E-state index in [0.717, 1.165) is 18.7 Å². The summed E-state index contributed by atoms with van der Waals surface area (Å²) in [6.45, 7) is 4.36. The van der Waals surface area contributed by atoms with Crippen molar-refractivity contribution in [3.63, 3.8) is 0 Å². The van der Waals surface area contributed by atoms with E-state index in [1.165, 1.54) is 0 Å². The van der Waals surface area contributed by atoms with Crippen LogP contribution in [0.4, 0.5) is 5.69 Å². The molecule has 4 nitrogen and oxygen atoms in total. The van der Waals surface area contributed by atoms with Crippen molar-refractivity contribution in [2.24, 2.45) is 5.92 Å². The number of aliphatic hydroxyl groups excluding tert-OH is 1. The molecule has 0 bridgehead atoms. The van der Waals surface area contributed by atoms with Crippen molar-refractivity contribution < 1.29 is 9.90 Å². The first-order valence-electron chi connectivity index (χ1n) is 7.00. The summed E-state index contributed by atoms with van der Waals surface area (Å²) in [6.07, 6.45) is 1.15. The Kier molecular flexibility index (Phi) is 5.40. The number of carbonyl (C=O) groups excluding carboxylic acids is 1. The lowest BCUT2D eigenvalue weighted by Crippen LogP contribution is -2.43. The summed E-state index contributed by atoms with van der Waals surface area (Å²) < 4.78 is 0. The van der Waals surface area contributed by atoms with Crippen LogP contribution in [0.1, 0.15) is 19.8 Å². The number of carbonyl (C=O) groups is 1. The molecular weight excluding hydrogens is 276 g/mol. The Morgan fingerprint density at radius 2 is 2.15 bits per heavy atom. The predicted molar refractivity (Wildman–Crippen MR) is 80.9 cm³/mol. The van der Waals surface area contributed by atoms with Crippen LogP contribution >= 0.6 is 11.6 Å². The highest BCUT2D eigenvalue weighted by Crippen LogP contribution is 2.17. The Morgan fingerprint density at radius 1 is 1.45 bits per heavy atom. The predicted octanol–water partition coefficient (Wildman–Crippen LogP) is 2.37. The second-order valence-electron chi connectivity index (χ2n) is 5.44. The van der Waals surface area contributed by atoms with Gasteiger partial charge in [-0.15, -0.1) is 0 Å². The number of benzene rings is 1. The van der Waals surface area contributed by atoms with E-state index in [0.29, 0.717) is 30.5 Å². The van der Waals surface area contributed by atoms with Crippen molar-refractivity contribution in [1.82, 2.24) is 4.90 Å². The van der Waals surface area contributed by atoms with Crippen LogP contribution in [0, 0.1) is 5.92 Å². The first-order chi connectivity index (χ1) is 9.54. The van der Waals surface area contributed by atoms with Crippen LogP contribution in [0.25, 0.3) is 0 Å². The molecule has 20 heavy (non-hydrogen) atoms. The molecule has 1 heterocycles. The molecule has 2 rings (SSSR count). The normalized spacial score (nSPS) is 23.6. The molecule has 1 aromatic carbocycles. The van der Waals surface area contributed by atoms with Gasteiger partial charge in [-0.25, -0.2) is 0 Å². The van der Waals surface area contributed by atoms with Gasteiger partial charge in [0.25, 0.3) is 0 Å². The van der Waals surface area contributed by atoms with Crippen molar-refractivity contribution in [2.75, 3.05) is 25.0 Å². The largest absolute Gasteiger partial charge is 0.392 e. The Balaban J connectivity index is 1.74. The number of rotatable bonds is 4. The van der Waals surface area contributed by atoms with E-state index in [1.54, 1.807) is 24.3 Å². The second kappa shape index (κ2) is 7.07. The van der Waals surface area contributed by atoms with Gasteiger partial charge >= 0.3 is 0 Å². The summed E-state index contributed by atoms with van der Waals surface area (Å²) in [5.41, 5.74) is 0.756. The van der Waals surface area contributed by atoms with E-state index in [1.807, 2.05) is 0 Å². The van der Waals surface area contributed by atoms with Gasteiger partial charge in [-0.05, 0) is 43.1 Å². The summed E-state index contributed by atoms with van der Waals surface area (Å²) in [4.78, 5) is 14.0. The number of piperidine rings is 1. The van der Waals surface area contributed by atoms with Gasteiger partial charge in [0.2, 0.25) is 5.91 Å². The van der Waals surface area contributed by atoms with Gasteiger partial charge in [-0.2, -0.15) is 0 Å². The number of nitrogens with one attached hydrogen (secondary N) is 1. The highest BCUT2D eigenvalue weighted by molar-refractivity contribution is 6.30. The van der Waals surface area contributed by atoms with Crippen molar-refractivity contribution in [1.29, 1.82) is 0 Å². The highest BCUT2D eigenvalue weighted by Gasteiger charge is 2.24. The summed E-state index contributed by atoms with van der Waals surface area (Å²) in [5.74, 6) is 0.342. The zero-order valence-electron chi connectivity index (χ0n) is 11.7. The number of anilines is 1. The molecule has 2 atom stereocenters. The summed E-state index contributed by atoms with van der Waals surface area (Å²) in [5, 5.41) is 13.3. The fourth-order valence-electron chi connectivity index (χ4n) is 2.33. The van der Waals surface area contributed by atoms with E-state index in [9.17, 15) is 9.90 Å². The van der Waals surface area contributed by atoms with E-state index in [-0.39, 0.29) is 12.0 Å². The molecule has 0 aliphatic carbocycles. The SMILES string of the molecule is CC1CCN(CCC(=O)Nc2ccc(Cl)cc2)CC1O. The molecular formula is C15H21ClN2O2. The highest BCUT2D eigenvalue weighted by atomic mass is 35.5. The number of amides is 1. The number of β-amino-alcohol motifs (C(OH)–C–C–N with tert-alkyl or cyclic N) is 1. The molecule has 0 aromatic heterocycles. The number of likely N-dealkylation sites (tertiary alicyclic amines) is 1. The maximum absolute atomic E-state index is 11.9. The maximum atomic E-state index is 11.9. The molecule has 1 fully saturated rings. The Labute approximate surface area is 124 Å². The van der Waals surface area contributed by atoms with Gasteiger partial charge in [0, 0.05) is 30.2 Å². The fourth-order valence-corrected chi connectivity index (χ4v) is 2.46. The minimum absolute atomic E-state index is 0.0135. The number of nitrogens with zero attached hydrogens (tertiary/aromatic N) is 1. The molecule has 0 spiro atoms. The molecule has 2 N–H and O–H groups in total. The number of halogens is 1. The Morgan fingerprint density at radius 3 is 2.80 bits per heavy atom. The van der Waals surface area contributed by atoms with E-state index < -0.39 is 0 Å². The third kappa shape index (κ3) is 4.47. The average Bonchev–Trinajstić information content (AvgIpc) is 2.43. The number of hydrogen-bond acceptors (Lipinski definition) is 3. The Hall–Kier alpha value is -1.10. The molecule has 110 valence electrons. The summed E-state index contributed by atoms with van der Waals surface area (Å²) >= 11 is 5.79. The van der Waals surface area contributed by atoms with Crippen LogP contribution in [0.5, 0.6) is 0 Å². The van der Waals surface area contributed by atoms with E-state index in [4.69, 9.17) is 11.6 Å². The molecule has 1 saturated heterocycles. The molecule has 2 unspecified atom stereocenters. The van der Waals surface area contributed by atoms with Crippen molar-refractivity contribution >= 4 is 23.2 Å². The lowest BCUT2D eigenvalue weighted by atomic mass is 9.96. The first-order valence-corrected chi connectivity index (χ1v) is 7.38. The third-order valence-electron chi connectivity index (χ3n) is 3.79. The third-order valence-corrected chi connectivity index (χ3v) is 4.04. The van der Waals surface area contributed by atoms with Crippen molar-refractivity contribution in [3.8, 4) is 0 Å². The van der Waals surface area contributed by atoms with Gasteiger partial charge in [0.05, 0.1) is 6.10 Å². The summed E-state index contributed by atoms with van der Waals surface area (Å²) in [6, 6.07) is 7.07. The molecule has 1 aromatic rings. The number of aliphatic hydroxyl groups is 1. The zero-order valence-corrected chi connectivity index (χ0v) is 12.4. The quantitative estimate of drug-likeness (QED) is 0.897. The second-order valence-corrected chi connectivity index (χ2v) is 5.88.